The summed E-state index contributed by atoms with van der Waals surface area (Å²) in [7, 11) is 1.54. The number of hydrogen-bond donors (Lipinski definition) is 1. The maximum atomic E-state index is 12.0. The molecular weight excluding hydrogens is 306 g/mol. The summed E-state index contributed by atoms with van der Waals surface area (Å²) in [5, 5.41) is 2.75. The molecule has 0 fully saturated rings. The number of benzene rings is 1. The van der Waals surface area contributed by atoms with Gasteiger partial charge in [0.15, 0.2) is 5.76 Å². The number of hydrogen-bond acceptors (Lipinski definition) is 5. The van der Waals surface area contributed by atoms with Gasteiger partial charge in [-0.15, -0.1) is 0 Å². The first kappa shape index (κ1) is 15.5. The van der Waals surface area contributed by atoms with Gasteiger partial charge in [0.25, 0.3) is 5.91 Å². The molecule has 0 atom stereocenters. The summed E-state index contributed by atoms with van der Waals surface area (Å²) in [6.07, 6.45) is 6.59. The van der Waals surface area contributed by atoms with Gasteiger partial charge in [0, 0.05) is 24.7 Å². The van der Waals surface area contributed by atoms with Crippen molar-refractivity contribution in [3.63, 3.8) is 0 Å². The smallest absolute Gasteiger partial charge is 0.291 e. The molecular formula is C18H15N3O3. The fourth-order valence-electron chi connectivity index (χ4n) is 2.05. The van der Waals surface area contributed by atoms with E-state index in [-0.39, 0.29) is 11.7 Å². The lowest BCUT2D eigenvalue weighted by molar-refractivity contribution is 0.0996. The number of aromatic nitrogens is 1. The zero-order valence-corrected chi connectivity index (χ0v) is 13.0. The fourth-order valence-corrected chi connectivity index (χ4v) is 2.05. The van der Waals surface area contributed by atoms with Crippen LogP contribution in [0.5, 0.6) is 5.75 Å². The van der Waals surface area contributed by atoms with Crippen LogP contribution in [-0.2, 0) is 0 Å². The first-order valence-corrected chi connectivity index (χ1v) is 7.23. The number of nitrogens with one attached hydrogen (secondary N) is 1. The number of furan rings is 1. The lowest BCUT2D eigenvalue weighted by Gasteiger charge is -2.09. The van der Waals surface area contributed by atoms with Gasteiger partial charge < -0.3 is 14.5 Å². The third-order valence-electron chi connectivity index (χ3n) is 3.25. The molecule has 24 heavy (non-hydrogen) atoms. The van der Waals surface area contributed by atoms with Crippen molar-refractivity contribution in [2.45, 2.75) is 0 Å². The Morgan fingerprint density at radius 1 is 1.25 bits per heavy atom. The Balaban J connectivity index is 1.78. The van der Waals surface area contributed by atoms with Gasteiger partial charge in [-0.3, -0.25) is 14.8 Å². The van der Waals surface area contributed by atoms with Gasteiger partial charge in [-0.2, -0.15) is 0 Å². The second-order valence-electron chi connectivity index (χ2n) is 4.85. The highest BCUT2D eigenvalue weighted by molar-refractivity contribution is 6.03. The highest BCUT2D eigenvalue weighted by atomic mass is 16.5. The van der Waals surface area contributed by atoms with Crippen molar-refractivity contribution >= 4 is 23.5 Å². The third kappa shape index (κ3) is 3.67. The van der Waals surface area contributed by atoms with E-state index in [2.05, 4.69) is 15.3 Å². The Morgan fingerprint density at radius 3 is 2.79 bits per heavy atom. The second-order valence-corrected chi connectivity index (χ2v) is 4.85. The topological polar surface area (TPSA) is 76.7 Å². The van der Waals surface area contributed by atoms with Gasteiger partial charge in [0.2, 0.25) is 0 Å². The van der Waals surface area contributed by atoms with Crippen LogP contribution >= 0.6 is 0 Å². The predicted molar refractivity (Wildman–Crippen MR) is 91.1 cm³/mol. The molecule has 0 bridgehead atoms. The maximum absolute atomic E-state index is 12.0. The first-order valence-electron chi connectivity index (χ1n) is 7.23. The fraction of sp³-hybridized carbons (Fsp3) is 0.0556. The molecule has 0 radical (unpaired) electrons. The molecule has 0 saturated carbocycles. The van der Waals surface area contributed by atoms with Crippen LogP contribution < -0.4 is 10.1 Å². The average Bonchev–Trinajstić information content (AvgIpc) is 3.16. The van der Waals surface area contributed by atoms with Crippen LogP contribution in [0, 0.1) is 0 Å². The minimum Gasteiger partial charge on any atom is -0.494 e. The Hall–Kier alpha value is -3.41. The predicted octanol–water partition coefficient (Wildman–Crippen LogP) is 3.69. The van der Waals surface area contributed by atoms with E-state index in [9.17, 15) is 4.79 Å². The molecule has 1 N–H and O–H groups in total. The van der Waals surface area contributed by atoms with Crippen LogP contribution in [-0.4, -0.2) is 24.2 Å². The molecule has 120 valence electrons. The minimum atomic E-state index is -0.341. The normalized spacial score (nSPS) is 10.7. The Kier molecular flexibility index (Phi) is 4.67. The van der Waals surface area contributed by atoms with Crippen molar-refractivity contribution in [1.29, 1.82) is 0 Å². The lowest BCUT2D eigenvalue weighted by atomic mass is 10.2. The van der Waals surface area contributed by atoms with Gasteiger partial charge in [0.05, 0.1) is 24.7 Å². The van der Waals surface area contributed by atoms with Crippen LogP contribution in [0.4, 0.5) is 11.4 Å². The number of rotatable bonds is 5. The molecule has 2 aromatic heterocycles. The summed E-state index contributed by atoms with van der Waals surface area (Å²) in [6, 6.07) is 12.2. The zero-order valence-electron chi connectivity index (χ0n) is 13.0. The SMILES string of the molecule is COc1cc(N=Cc2ccncc2)ccc1NC(=O)c1ccco1. The van der Waals surface area contributed by atoms with Crippen LogP contribution in [0.25, 0.3) is 0 Å². The van der Waals surface area contributed by atoms with Crippen molar-refractivity contribution in [2.75, 3.05) is 12.4 Å². The molecule has 0 aliphatic heterocycles. The molecule has 6 heteroatoms. The molecule has 6 nitrogen and oxygen atoms in total. The van der Waals surface area contributed by atoms with E-state index < -0.39 is 0 Å². The molecule has 0 aliphatic rings. The van der Waals surface area contributed by atoms with Gasteiger partial charge in [0.1, 0.15) is 5.75 Å². The van der Waals surface area contributed by atoms with E-state index in [0.29, 0.717) is 17.1 Å². The van der Waals surface area contributed by atoms with Crippen molar-refractivity contribution in [3.05, 3.63) is 72.4 Å². The zero-order chi connectivity index (χ0) is 16.8. The van der Waals surface area contributed by atoms with Gasteiger partial charge >= 0.3 is 0 Å². The van der Waals surface area contributed by atoms with E-state index in [1.165, 1.54) is 13.4 Å². The van der Waals surface area contributed by atoms with Crippen LogP contribution in [0.3, 0.4) is 0 Å². The van der Waals surface area contributed by atoms with Gasteiger partial charge in [-0.05, 0) is 42.0 Å². The number of anilines is 1. The van der Waals surface area contributed by atoms with E-state index in [1.54, 1.807) is 48.9 Å². The summed E-state index contributed by atoms with van der Waals surface area (Å²) in [5.74, 6) is 0.405. The van der Waals surface area contributed by atoms with Crippen molar-refractivity contribution in [3.8, 4) is 5.75 Å². The maximum Gasteiger partial charge on any atom is 0.291 e. The van der Waals surface area contributed by atoms with Crippen LogP contribution in [0.15, 0.2) is 70.5 Å². The number of aliphatic imine (C=N–C) groups is 1. The molecule has 0 saturated heterocycles. The monoisotopic (exact) mass is 321 g/mol. The summed E-state index contributed by atoms with van der Waals surface area (Å²) in [6.45, 7) is 0. The second kappa shape index (κ2) is 7.23. The number of methoxy groups -OCH3 is 1. The van der Waals surface area contributed by atoms with Crippen LogP contribution in [0.1, 0.15) is 16.1 Å². The van der Waals surface area contributed by atoms with E-state index in [0.717, 1.165) is 5.56 Å². The molecule has 3 aromatic rings. The summed E-state index contributed by atoms with van der Waals surface area (Å²) >= 11 is 0. The third-order valence-corrected chi connectivity index (χ3v) is 3.25. The number of carbonyl (C=O) groups excluding carboxylic acids is 1. The molecule has 1 aromatic carbocycles. The van der Waals surface area contributed by atoms with Crippen molar-refractivity contribution in [2.24, 2.45) is 4.99 Å². The number of amides is 1. The van der Waals surface area contributed by atoms with Gasteiger partial charge in [-0.1, -0.05) is 0 Å². The van der Waals surface area contributed by atoms with E-state index in [1.807, 2.05) is 12.1 Å². The average molecular weight is 321 g/mol. The lowest BCUT2D eigenvalue weighted by Crippen LogP contribution is -2.11. The van der Waals surface area contributed by atoms with E-state index >= 15 is 0 Å². The Morgan fingerprint density at radius 2 is 2.08 bits per heavy atom. The summed E-state index contributed by atoms with van der Waals surface area (Å²) in [4.78, 5) is 20.4. The van der Waals surface area contributed by atoms with Gasteiger partial charge in [-0.25, -0.2) is 0 Å². The summed E-state index contributed by atoms with van der Waals surface area (Å²) < 4.78 is 10.4. The quantitative estimate of drug-likeness (QED) is 0.727. The minimum absolute atomic E-state index is 0.233. The highest BCUT2D eigenvalue weighted by Crippen LogP contribution is 2.29. The summed E-state index contributed by atoms with van der Waals surface area (Å²) in [5.41, 5.74) is 2.19. The highest BCUT2D eigenvalue weighted by Gasteiger charge is 2.12. The van der Waals surface area contributed by atoms with Crippen LogP contribution in [0.2, 0.25) is 0 Å². The molecule has 0 unspecified atom stereocenters. The molecule has 1 amide bonds. The number of carbonyl (C=O) groups is 1. The van der Waals surface area contributed by atoms with Crippen molar-refractivity contribution in [1.82, 2.24) is 4.98 Å². The largest absolute Gasteiger partial charge is 0.494 e. The number of pyridine rings is 1. The van der Waals surface area contributed by atoms with E-state index in [4.69, 9.17) is 9.15 Å². The number of ether oxygens (including phenoxy) is 1. The molecule has 2 heterocycles. The molecule has 3 rings (SSSR count). The molecule has 0 spiro atoms. The van der Waals surface area contributed by atoms with Crippen molar-refractivity contribution < 1.29 is 13.9 Å². The first-order chi connectivity index (χ1) is 11.8. The standard InChI is InChI=1S/C18H15N3O3/c1-23-17-11-14(20-12-13-6-8-19-9-7-13)4-5-15(17)21-18(22)16-3-2-10-24-16/h2-12H,1H3,(H,21,22). The number of nitrogens with zero attached hydrogens (tertiary/aromatic N) is 2. The Labute approximate surface area is 138 Å². The Bertz CT molecular complexity index is 843. The molecule has 0 aliphatic carbocycles.